The van der Waals surface area contributed by atoms with Crippen LogP contribution in [-0.4, -0.2) is 27.0 Å². The van der Waals surface area contributed by atoms with Crippen molar-refractivity contribution in [3.63, 3.8) is 0 Å². The Morgan fingerprint density at radius 1 is 1.08 bits per heavy atom. The van der Waals surface area contributed by atoms with Crippen LogP contribution >= 0.6 is 11.3 Å². The number of aromatic nitrogens is 2. The molecule has 2 heterocycles. The highest BCUT2D eigenvalue weighted by atomic mass is 32.1. The van der Waals surface area contributed by atoms with Gasteiger partial charge in [0.15, 0.2) is 0 Å². The van der Waals surface area contributed by atoms with Gasteiger partial charge in [0.1, 0.15) is 5.01 Å². The molecule has 24 heavy (non-hydrogen) atoms. The van der Waals surface area contributed by atoms with Gasteiger partial charge in [-0.15, -0.1) is 11.3 Å². The van der Waals surface area contributed by atoms with Gasteiger partial charge in [-0.2, -0.15) is 0 Å². The Hall–Kier alpha value is -3.06. The second-order valence-corrected chi connectivity index (χ2v) is 5.85. The molecule has 0 spiro atoms. The number of carboxylic acids is 1. The third-order valence-corrected chi connectivity index (χ3v) is 4.18. The highest BCUT2D eigenvalue weighted by molar-refractivity contribution is 7.13. The van der Waals surface area contributed by atoms with Crippen molar-refractivity contribution in [3.8, 4) is 10.6 Å². The van der Waals surface area contributed by atoms with Gasteiger partial charge in [-0.3, -0.25) is 9.78 Å². The lowest BCUT2D eigenvalue weighted by Crippen LogP contribution is -2.14. The quantitative estimate of drug-likeness (QED) is 0.745. The number of carboxylic acid groups (broad SMARTS) is 1. The highest BCUT2D eigenvalue weighted by Crippen LogP contribution is 2.23. The van der Waals surface area contributed by atoms with Crippen molar-refractivity contribution >= 4 is 28.9 Å². The van der Waals surface area contributed by atoms with Crippen LogP contribution in [0, 0.1) is 0 Å². The van der Waals surface area contributed by atoms with E-state index in [1.54, 1.807) is 24.5 Å². The van der Waals surface area contributed by atoms with E-state index >= 15 is 0 Å². The number of benzene rings is 1. The third-order valence-electron chi connectivity index (χ3n) is 3.24. The van der Waals surface area contributed by atoms with Crippen molar-refractivity contribution in [2.24, 2.45) is 0 Å². The smallest absolute Gasteiger partial charge is 0.335 e. The first kappa shape index (κ1) is 15.8. The van der Waals surface area contributed by atoms with Crippen LogP contribution in [0.5, 0.6) is 0 Å². The van der Waals surface area contributed by atoms with Crippen LogP contribution in [0.25, 0.3) is 10.6 Å². The number of pyridine rings is 1. The van der Waals surface area contributed by atoms with Gasteiger partial charge in [-0.05, 0) is 36.4 Å². The molecule has 0 unspecified atom stereocenters. The molecule has 0 aliphatic heterocycles. The van der Waals surface area contributed by atoms with Crippen LogP contribution in [0.2, 0.25) is 0 Å². The highest BCUT2D eigenvalue weighted by Gasteiger charge is 2.10. The summed E-state index contributed by atoms with van der Waals surface area (Å²) in [7, 11) is 0. The van der Waals surface area contributed by atoms with Crippen molar-refractivity contribution in [2.45, 2.75) is 6.42 Å². The summed E-state index contributed by atoms with van der Waals surface area (Å²) >= 11 is 1.47. The number of hydrogen-bond donors (Lipinski definition) is 2. The van der Waals surface area contributed by atoms with E-state index in [0.717, 1.165) is 10.6 Å². The average molecular weight is 339 g/mol. The van der Waals surface area contributed by atoms with Crippen LogP contribution in [0.3, 0.4) is 0 Å². The lowest BCUT2D eigenvalue weighted by molar-refractivity contribution is -0.115. The van der Waals surface area contributed by atoms with Crippen molar-refractivity contribution in [3.05, 3.63) is 65.4 Å². The number of amides is 1. The Labute approximate surface area is 141 Å². The molecular weight excluding hydrogens is 326 g/mol. The van der Waals surface area contributed by atoms with E-state index in [1.807, 2.05) is 17.5 Å². The van der Waals surface area contributed by atoms with Gasteiger partial charge in [-0.25, -0.2) is 9.78 Å². The molecule has 1 amide bonds. The maximum absolute atomic E-state index is 12.1. The Kier molecular flexibility index (Phi) is 4.62. The molecule has 2 N–H and O–H groups in total. The molecule has 0 fully saturated rings. The summed E-state index contributed by atoms with van der Waals surface area (Å²) in [6.07, 6.45) is 3.55. The Morgan fingerprint density at radius 2 is 1.79 bits per heavy atom. The molecule has 0 bridgehead atoms. The first-order chi connectivity index (χ1) is 11.6. The molecule has 0 aliphatic rings. The number of nitrogens with one attached hydrogen (secondary N) is 1. The summed E-state index contributed by atoms with van der Waals surface area (Å²) < 4.78 is 0. The molecule has 7 heteroatoms. The third kappa shape index (κ3) is 3.82. The zero-order chi connectivity index (χ0) is 16.9. The number of hydrogen-bond acceptors (Lipinski definition) is 5. The maximum Gasteiger partial charge on any atom is 0.335 e. The Bertz CT molecular complexity index is 860. The molecule has 6 nitrogen and oxygen atoms in total. The van der Waals surface area contributed by atoms with Gasteiger partial charge in [0.25, 0.3) is 0 Å². The topological polar surface area (TPSA) is 92.2 Å². The molecule has 3 aromatic rings. The summed E-state index contributed by atoms with van der Waals surface area (Å²) in [6.45, 7) is 0. The lowest BCUT2D eigenvalue weighted by Gasteiger charge is -2.04. The second-order valence-electron chi connectivity index (χ2n) is 4.99. The monoisotopic (exact) mass is 339 g/mol. The van der Waals surface area contributed by atoms with Gasteiger partial charge in [0.05, 0.1) is 17.7 Å². The fourth-order valence-corrected chi connectivity index (χ4v) is 2.91. The average Bonchev–Trinajstić information content (AvgIpc) is 3.04. The molecule has 1 aromatic carbocycles. The van der Waals surface area contributed by atoms with Gasteiger partial charge in [-0.1, -0.05) is 0 Å². The predicted octanol–water partition coefficient (Wildman–Crippen LogP) is 3.08. The predicted molar refractivity (Wildman–Crippen MR) is 91.1 cm³/mol. The second kappa shape index (κ2) is 7.01. The molecule has 3 rings (SSSR count). The van der Waals surface area contributed by atoms with E-state index < -0.39 is 5.97 Å². The number of anilines is 1. The molecular formula is C17H13N3O3S. The van der Waals surface area contributed by atoms with E-state index in [2.05, 4.69) is 15.3 Å². The van der Waals surface area contributed by atoms with Crippen LogP contribution in [0.4, 0.5) is 5.69 Å². The Balaban J connectivity index is 1.63. The minimum Gasteiger partial charge on any atom is -0.478 e. The van der Waals surface area contributed by atoms with Crippen LogP contribution < -0.4 is 5.32 Å². The summed E-state index contributed by atoms with van der Waals surface area (Å²) in [5.74, 6) is -1.20. The fourth-order valence-electron chi connectivity index (χ4n) is 2.08. The van der Waals surface area contributed by atoms with E-state index in [0.29, 0.717) is 11.4 Å². The maximum atomic E-state index is 12.1. The number of carbonyl (C=O) groups is 2. The van der Waals surface area contributed by atoms with Gasteiger partial charge in [0.2, 0.25) is 5.91 Å². The summed E-state index contributed by atoms with van der Waals surface area (Å²) in [6, 6.07) is 9.75. The van der Waals surface area contributed by atoms with E-state index in [4.69, 9.17) is 5.11 Å². The molecule has 120 valence electrons. The number of thiazole rings is 1. The molecule has 0 aliphatic carbocycles. The Morgan fingerprint density at radius 3 is 2.46 bits per heavy atom. The number of carbonyl (C=O) groups excluding carboxylic acids is 1. The summed E-state index contributed by atoms with van der Waals surface area (Å²) in [5, 5.41) is 14.3. The minimum atomic E-state index is -1.00. The van der Waals surface area contributed by atoms with Crippen molar-refractivity contribution in [2.75, 3.05) is 5.32 Å². The molecule has 0 saturated carbocycles. The van der Waals surface area contributed by atoms with Crippen LogP contribution in [0.1, 0.15) is 16.1 Å². The first-order valence-corrected chi connectivity index (χ1v) is 7.98. The van der Waals surface area contributed by atoms with Crippen LogP contribution in [0.15, 0.2) is 54.2 Å². The van der Waals surface area contributed by atoms with Gasteiger partial charge in [0, 0.05) is 29.0 Å². The molecule has 0 radical (unpaired) electrons. The molecule has 2 aromatic heterocycles. The zero-order valence-corrected chi connectivity index (χ0v) is 13.3. The van der Waals surface area contributed by atoms with E-state index in [1.165, 1.54) is 23.5 Å². The van der Waals surface area contributed by atoms with Crippen molar-refractivity contribution < 1.29 is 14.7 Å². The number of rotatable bonds is 5. The van der Waals surface area contributed by atoms with Gasteiger partial charge >= 0.3 is 5.97 Å². The molecule has 0 atom stereocenters. The zero-order valence-electron chi connectivity index (χ0n) is 12.5. The largest absolute Gasteiger partial charge is 0.478 e. The lowest BCUT2D eigenvalue weighted by atomic mass is 10.2. The summed E-state index contributed by atoms with van der Waals surface area (Å²) in [4.78, 5) is 31.3. The number of nitrogens with zero attached hydrogens (tertiary/aromatic N) is 2. The van der Waals surface area contributed by atoms with Crippen molar-refractivity contribution in [1.82, 2.24) is 9.97 Å². The van der Waals surface area contributed by atoms with Crippen LogP contribution in [-0.2, 0) is 11.2 Å². The fraction of sp³-hybridized carbons (Fsp3) is 0.0588. The van der Waals surface area contributed by atoms with E-state index in [9.17, 15) is 9.59 Å². The SMILES string of the molecule is O=C(Cc1csc(-c2ccncc2)n1)Nc1ccc(C(=O)O)cc1. The number of aromatic carboxylic acids is 1. The molecule has 0 saturated heterocycles. The summed E-state index contributed by atoms with van der Waals surface area (Å²) in [5.41, 5.74) is 2.38. The van der Waals surface area contributed by atoms with Gasteiger partial charge < -0.3 is 10.4 Å². The van der Waals surface area contributed by atoms with Crippen molar-refractivity contribution in [1.29, 1.82) is 0 Å². The normalized spacial score (nSPS) is 10.3. The van der Waals surface area contributed by atoms with E-state index in [-0.39, 0.29) is 17.9 Å². The minimum absolute atomic E-state index is 0.155. The standard InChI is InChI=1S/C17H13N3O3S/c21-15(19-13-3-1-12(2-4-13)17(22)23)9-14-10-24-16(20-14)11-5-7-18-8-6-11/h1-8,10H,9H2,(H,19,21)(H,22,23). The first-order valence-electron chi connectivity index (χ1n) is 7.10.